The first-order chi connectivity index (χ1) is 19.0. The van der Waals surface area contributed by atoms with Crippen molar-refractivity contribution in [2.75, 3.05) is 25.4 Å². The number of benzene rings is 1. The van der Waals surface area contributed by atoms with Crippen LogP contribution in [-0.4, -0.2) is 60.9 Å². The first kappa shape index (κ1) is 30.5. The maximum Gasteiger partial charge on any atom is 0.391 e. The second kappa shape index (κ2) is 12.6. The van der Waals surface area contributed by atoms with Gasteiger partial charge in [0.15, 0.2) is 9.84 Å². The predicted molar refractivity (Wildman–Crippen MR) is 146 cm³/mol. The summed E-state index contributed by atoms with van der Waals surface area (Å²) in [6.07, 6.45) is 0.353. The fourth-order valence-corrected chi connectivity index (χ4v) is 6.83. The highest BCUT2D eigenvalue weighted by atomic mass is 32.2. The maximum absolute atomic E-state index is 13.1. The van der Waals surface area contributed by atoms with Crippen molar-refractivity contribution < 1.29 is 31.5 Å². The molecule has 2 atom stereocenters. The Hall–Kier alpha value is -2.50. The first-order valence-corrected chi connectivity index (χ1v) is 15.7. The molecule has 0 spiro atoms. The molecule has 40 heavy (non-hydrogen) atoms. The number of carbonyl (C=O) groups excluding carboxylic acids is 1. The van der Waals surface area contributed by atoms with Gasteiger partial charge in [-0.3, -0.25) is 14.7 Å². The van der Waals surface area contributed by atoms with E-state index >= 15 is 0 Å². The van der Waals surface area contributed by atoms with Gasteiger partial charge in [0.2, 0.25) is 0 Å². The minimum atomic E-state index is -4.10. The summed E-state index contributed by atoms with van der Waals surface area (Å²) >= 11 is 0. The highest BCUT2D eigenvalue weighted by molar-refractivity contribution is 7.91. The predicted octanol–water partition coefficient (Wildman–Crippen LogP) is 5.02. The molecule has 1 unspecified atom stereocenters. The van der Waals surface area contributed by atoms with Gasteiger partial charge in [0, 0.05) is 30.9 Å². The van der Waals surface area contributed by atoms with Crippen LogP contribution in [0, 0.1) is 11.8 Å². The van der Waals surface area contributed by atoms with Gasteiger partial charge in [-0.15, -0.1) is 0 Å². The van der Waals surface area contributed by atoms with Crippen molar-refractivity contribution in [2.45, 2.75) is 75.5 Å². The molecule has 1 aliphatic carbocycles. The Bertz CT molecular complexity index is 1280. The van der Waals surface area contributed by atoms with Crippen LogP contribution in [0.4, 0.5) is 13.2 Å². The SMILES string of the molecule is CC[C@@H]1c2ccc(C(=O)NC(CO)c3ccc(S(=O)(=O)CC)cn3)cc2CCN1CC1CCC(C(F)(F)F)CC1. The number of aliphatic hydroxyl groups is 1. The van der Waals surface area contributed by atoms with Crippen molar-refractivity contribution in [3.63, 3.8) is 0 Å². The zero-order valence-electron chi connectivity index (χ0n) is 23.0. The summed E-state index contributed by atoms with van der Waals surface area (Å²) in [6.45, 7) is 4.82. The topological polar surface area (TPSA) is 99.6 Å². The summed E-state index contributed by atoms with van der Waals surface area (Å²) in [5.74, 6) is -1.33. The van der Waals surface area contributed by atoms with Crippen molar-refractivity contribution in [3.8, 4) is 0 Å². The van der Waals surface area contributed by atoms with E-state index in [1.165, 1.54) is 18.3 Å². The fourth-order valence-electron chi connectivity index (χ4n) is 6.01. The molecule has 4 rings (SSSR count). The van der Waals surface area contributed by atoms with Crippen LogP contribution in [0.25, 0.3) is 0 Å². The van der Waals surface area contributed by atoms with Gasteiger partial charge in [0.1, 0.15) is 0 Å². The van der Waals surface area contributed by atoms with Crippen LogP contribution in [0.1, 0.15) is 85.2 Å². The minimum Gasteiger partial charge on any atom is -0.394 e. The lowest BCUT2D eigenvalue weighted by atomic mass is 9.80. The van der Waals surface area contributed by atoms with E-state index in [2.05, 4.69) is 22.1 Å². The van der Waals surface area contributed by atoms with E-state index in [1.54, 1.807) is 13.0 Å². The molecule has 1 aromatic carbocycles. The van der Waals surface area contributed by atoms with Crippen LogP contribution in [0.3, 0.4) is 0 Å². The Morgan fingerprint density at radius 3 is 2.45 bits per heavy atom. The Morgan fingerprint density at radius 2 is 1.88 bits per heavy atom. The lowest BCUT2D eigenvalue weighted by molar-refractivity contribution is -0.184. The molecule has 2 aromatic rings. The number of pyridine rings is 1. The maximum atomic E-state index is 13.1. The summed E-state index contributed by atoms with van der Waals surface area (Å²) < 4.78 is 63.3. The molecule has 1 saturated carbocycles. The molecule has 0 radical (unpaired) electrons. The van der Waals surface area contributed by atoms with Gasteiger partial charge in [-0.1, -0.05) is 19.9 Å². The number of halogens is 3. The average Bonchev–Trinajstić information content (AvgIpc) is 2.95. The molecule has 1 fully saturated rings. The van der Waals surface area contributed by atoms with E-state index in [9.17, 15) is 31.5 Å². The summed E-state index contributed by atoms with van der Waals surface area (Å²) in [7, 11) is -3.41. The fraction of sp³-hybridized carbons (Fsp3) is 0.586. The zero-order valence-corrected chi connectivity index (χ0v) is 23.8. The number of aliphatic hydroxyl groups excluding tert-OH is 1. The van der Waals surface area contributed by atoms with E-state index in [-0.39, 0.29) is 41.4 Å². The highest BCUT2D eigenvalue weighted by Crippen LogP contribution is 2.41. The number of carbonyl (C=O) groups is 1. The molecule has 2 heterocycles. The quantitative estimate of drug-likeness (QED) is 0.432. The van der Waals surface area contributed by atoms with E-state index in [0.717, 1.165) is 37.1 Å². The van der Waals surface area contributed by atoms with Gasteiger partial charge in [-0.05, 0) is 79.8 Å². The van der Waals surface area contributed by atoms with Crippen molar-refractivity contribution in [3.05, 3.63) is 58.9 Å². The number of hydrogen-bond donors (Lipinski definition) is 2. The third-order valence-electron chi connectivity index (χ3n) is 8.41. The molecule has 2 N–H and O–H groups in total. The van der Waals surface area contributed by atoms with Gasteiger partial charge in [0.25, 0.3) is 5.91 Å². The number of aromatic nitrogens is 1. The molecule has 0 bridgehead atoms. The monoisotopic (exact) mass is 581 g/mol. The molecule has 11 heteroatoms. The number of hydrogen-bond acceptors (Lipinski definition) is 6. The second-order valence-corrected chi connectivity index (χ2v) is 13.2. The van der Waals surface area contributed by atoms with Crippen molar-refractivity contribution in [1.29, 1.82) is 0 Å². The van der Waals surface area contributed by atoms with Crippen molar-refractivity contribution >= 4 is 15.7 Å². The summed E-state index contributed by atoms with van der Waals surface area (Å²) in [5.41, 5.74) is 3.03. The molecular formula is C29H38F3N3O4S. The number of rotatable bonds is 9. The molecular weight excluding hydrogens is 543 g/mol. The van der Waals surface area contributed by atoms with Gasteiger partial charge < -0.3 is 10.4 Å². The largest absolute Gasteiger partial charge is 0.394 e. The normalized spacial score (nSPS) is 22.9. The number of fused-ring (bicyclic) bond motifs is 1. The highest BCUT2D eigenvalue weighted by Gasteiger charge is 2.42. The zero-order chi connectivity index (χ0) is 29.1. The molecule has 7 nitrogen and oxygen atoms in total. The second-order valence-electron chi connectivity index (χ2n) is 10.9. The molecule has 1 amide bonds. The Labute approximate surface area is 234 Å². The van der Waals surface area contributed by atoms with Crippen molar-refractivity contribution in [2.24, 2.45) is 11.8 Å². The molecule has 1 aromatic heterocycles. The van der Waals surface area contributed by atoms with Gasteiger partial charge in [-0.2, -0.15) is 13.2 Å². The third kappa shape index (κ3) is 6.86. The average molecular weight is 582 g/mol. The number of nitrogens with zero attached hydrogens (tertiary/aromatic N) is 2. The van der Waals surface area contributed by atoms with Crippen LogP contribution in [0.5, 0.6) is 0 Å². The van der Waals surface area contributed by atoms with Gasteiger partial charge in [0.05, 0.1) is 34.9 Å². The number of amides is 1. The molecule has 2 aliphatic rings. The van der Waals surface area contributed by atoms with Crippen LogP contribution < -0.4 is 5.32 Å². The number of alkyl halides is 3. The van der Waals surface area contributed by atoms with Gasteiger partial charge >= 0.3 is 6.18 Å². The van der Waals surface area contributed by atoms with E-state index in [4.69, 9.17) is 0 Å². The lowest BCUT2D eigenvalue weighted by Crippen LogP contribution is -2.40. The van der Waals surface area contributed by atoms with E-state index in [1.807, 2.05) is 12.1 Å². The van der Waals surface area contributed by atoms with Crippen LogP contribution >= 0.6 is 0 Å². The lowest BCUT2D eigenvalue weighted by Gasteiger charge is -2.40. The first-order valence-electron chi connectivity index (χ1n) is 14.0. The smallest absolute Gasteiger partial charge is 0.391 e. The number of nitrogens with one attached hydrogen (secondary N) is 1. The standard InChI is InChI=1S/C29H38F3N3O4S/c1-3-27-24-11-7-21(28(37)34-26(18-36)25-12-10-23(16-33-25)40(38,39)4-2)15-20(24)13-14-35(27)17-19-5-8-22(9-6-19)29(30,31)32/h7,10-12,15-16,19,22,26-27,36H,3-6,8-9,13-14,17-18H2,1-2H3,(H,34,37)/t19?,22?,26?,27-/m1/s1. The van der Waals surface area contributed by atoms with E-state index in [0.29, 0.717) is 24.1 Å². The summed E-state index contributed by atoms with van der Waals surface area (Å²) in [5, 5.41) is 12.7. The Morgan fingerprint density at radius 1 is 1.15 bits per heavy atom. The Kier molecular flexibility index (Phi) is 9.57. The minimum absolute atomic E-state index is 0.0495. The third-order valence-corrected chi connectivity index (χ3v) is 10.1. The molecule has 0 saturated heterocycles. The van der Waals surface area contributed by atoms with Crippen LogP contribution in [0.15, 0.2) is 41.4 Å². The van der Waals surface area contributed by atoms with Gasteiger partial charge in [-0.25, -0.2) is 8.42 Å². The van der Waals surface area contributed by atoms with Crippen LogP contribution in [0.2, 0.25) is 0 Å². The van der Waals surface area contributed by atoms with E-state index < -0.39 is 34.6 Å². The number of sulfone groups is 1. The summed E-state index contributed by atoms with van der Waals surface area (Å²) in [6, 6.07) is 7.86. The Balaban J connectivity index is 1.41. The van der Waals surface area contributed by atoms with Crippen LogP contribution in [-0.2, 0) is 16.3 Å². The summed E-state index contributed by atoms with van der Waals surface area (Å²) in [4.78, 5) is 19.7. The van der Waals surface area contributed by atoms with Crippen molar-refractivity contribution in [1.82, 2.24) is 15.2 Å². The molecule has 1 aliphatic heterocycles. The molecule has 220 valence electrons.